The number of nitrogens with zero attached hydrogens (tertiary/aromatic N) is 1. The van der Waals surface area contributed by atoms with Crippen LogP contribution in [0.4, 0.5) is 4.39 Å². The molecule has 0 saturated carbocycles. The van der Waals surface area contributed by atoms with Crippen LogP contribution in [-0.4, -0.2) is 26.5 Å². The van der Waals surface area contributed by atoms with E-state index >= 15 is 0 Å². The topological polar surface area (TPSA) is 79.5 Å². The number of hydrogen-bond acceptors (Lipinski definition) is 3. The van der Waals surface area contributed by atoms with E-state index in [4.69, 9.17) is 5.11 Å². The number of rotatable bonds is 6. The van der Waals surface area contributed by atoms with E-state index in [9.17, 15) is 19.1 Å². The van der Waals surface area contributed by atoms with Gasteiger partial charge in [-0.1, -0.05) is 54.6 Å². The predicted octanol–water partition coefficient (Wildman–Crippen LogP) is 5.05. The fraction of sp³-hybridized carbons (Fsp3) is 0.0400. The zero-order chi connectivity index (χ0) is 22.0. The van der Waals surface area contributed by atoms with E-state index < -0.39 is 23.3 Å². The van der Waals surface area contributed by atoms with Gasteiger partial charge in [0.25, 0.3) is 5.78 Å². The molecule has 6 heteroatoms. The van der Waals surface area contributed by atoms with Crippen LogP contribution < -0.4 is 0 Å². The lowest BCUT2D eigenvalue weighted by Gasteiger charge is -2.07. The van der Waals surface area contributed by atoms with Gasteiger partial charge in [-0.15, -0.1) is 0 Å². The van der Waals surface area contributed by atoms with Gasteiger partial charge >= 0.3 is 5.97 Å². The van der Waals surface area contributed by atoms with Crippen LogP contribution in [-0.2, 0) is 16.1 Å². The van der Waals surface area contributed by atoms with Gasteiger partial charge in [-0.2, -0.15) is 0 Å². The summed E-state index contributed by atoms with van der Waals surface area (Å²) in [4.78, 5) is 22.2. The number of benzene rings is 3. The van der Waals surface area contributed by atoms with Crippen molar-refractivity contribution in [2.45, 2.75) is 6.54 Å². The number of carboxylic acids is 1. The van der Waals surface area contributed by atoms with Gasteiger partial charge in [-0.05, 0) is 34.9 Å². The maximum atomic E-state index is 13.8. The largest absolute Gasteiger partial charge is 0.507 e. The van der Waals surface area contributed by atoms with Crippen molar-refractivity contribution in [3.8, 4) is 11.1 Å². The minimum Gasteiger partial charge on any atom is -0.507 e. The summed E-state index contributed by atoms with van der Waals surface area (Å²) in [7, 11) is 0. The molecule has 5 nitrogen and oxygen atoms in total. The molecular formula is C25H18FNO4. The Morgan fingerprint density at radius 2 is 1.58 bits per heavy atom. The van der Waals surface area contributed by atoms with Crippen molar-refractivity contribution >= 4 is 28.4 Å². The molecule has 0 saturated heterocycles. The highest BCUT2D eigenvalue weighted by molar-refractivity contribution is 6.38. The first kappa shape index (κ1) is 20.1. The van der Waals surface area contributed by atoms with Crippen LogP contribution >= 0.6 is 0 Å². The Kier molecular flexibility index (Phi) is 5.37. The SMILES string of the molecule is O=C(O)C(=O)/C=C(\O)c1cn(Cc2ccc(-c3ccccc3)cc2)c2ccc(F)cc12. The van der Waals surface area contributed by atoms with Crippen molar-refractivity contribution in [2.24, 2.45) is 0 Å². The van der Waals surface area contributed by atoms with E-state index in [-0.39, 0.29) is 5.56 Å². The number of carbonyl (C=O) groups excluding carboxylic acids is 1. The number of aliphatic hydroxyl groups excluding tert-OH is 1. The van der Waals surface area contributed by atoms with Crippen LogP contribution in [0, 0.1) is 5.82 Å². The molecule has 1 heterocycles. The Morgan fingerprint density at radius 1 is 0.903 bits per heavy atom. The number of ketones is 1. The number of carbonyl (C=O) groups is 2. The van der Waals surface area contributed by atoms with Gasteiger partial charge in [0.2, 0.25) is 0 Å². The van der Waals surface area contributed by atoms with Crippen LogP contribution in [0.15, 0.2) is 85.1 Å². The van der Waals surface area contributed by atoms with E-state index in [0.29, 0.717) is 23.5 Å². The number of aliphatic carboxylic acids is 1. The highest BCUT2D eigenvalue weighted by Gasteiger charge is 2.16. The fourth-order valence-corrected chi connectivity index (χ4v) is 3.50. The molecule has 31 heavy (non-hydrogen) atoms. The van der Waals surface area contributed by atoms with E-state index in [0.717, 1.165) is 16.7 Å². The summed E-state index contributed by atoms with van der Waals surface area (Å²) in [5.41, 5.74) is 4.00. The molecule has 0 spiro atoms. The molecule has 0 aliphatic heterocycles. The Labute approximate surface area is 177 Å². The molecule has 4 aromatic rings. The molecule has 0 radical (unpaired) electrons. The molecule has 0 bridgehead atoms. The van der Waals surface area contributed by atoms with Gasteiger partial charge in [-0.25, -0.2) is 9.18 Å². The maximum Gasteiger partial charge on any atom is 0.376 e. The summed E-state index contributed by atoms with van der Waals surface area (Å²) in [6, 6.07) is 22.1. The number of aliphatic hydroxyl groups is 1. The monoisotopic (exact) mass is 415 g/mol. The molecular weight excluding hydrogens is 397 g/mol. The lowest BCUT2D eigenvalue weighted by molar-refractivity contribution is -0.146. The molecule has 0 unspecified atom stereocenters. The van der Waals surface area contributed by atoms with Crippen molar-refractivity contribution in [3.05, 3.63) is 102 Å². The van der Waals surface area contributed by atoms with E-state index in [2.05, 4.69) is 0 Å². The van der Waals surface area contributed by atoms with Gasteiger partial charge in [0, 0.05) is 35.3 Å². The van der Waals surface area contributed by atoms with Gasteiger partial charge < -0.3 is 14.8 Å². The van der Waals surface area contributed by atoms with Gasteiger partial charge in [0.05, 0.1) is 0 Å². The molecule has 1 aromatic heterocycles. The second kappa shape index (κ2) is 8.28. The standard InChI is InChI=1S/C25H18FNO4/c26-19-10-11-22-20(12-19)21(23(28)13-24(29)25(30)31)15-27(22)14-16-6-8-18(9-7-16)17-4-2-1-3-5-17/h1-13,15,28H,14H2,(H,30,31)/b23-13-. The third kappa shape index (κ3) is 4.23. The lowest BCUT2D eigenvalue weighted by Crippen LogP contribution is -2.09. The highest BCUT2D eigenvalue weighted by atomic mass is 19.1. The van der Waals surface area contributed by atoms with Crippen molar-refractivity contribution in [3.63, 3.8) is 0 Å². The second-order valence-electron chi connectivity index (χ2n) is 7.09. The smallest absolute Gasteiger partial charge is 0.376 e. The zero-order valence-electron chi connectivity index (χ0n) is 16.3. The Hall–Kier alpha value is -4.19. The Balaban J connectivity index is 1.70. The molecule has 2 N–H and O–H groups in total. The average molecular weight is 415 g/mol. The number of carboxylic acid groups (broad SMARTS) is 1. The zero-order valence-corrected chi connectivity index (χ0v) is 16.3. The quantitative estimate of drug-likeness (QED) is 0.262. The first-order valence-corrected chi connectivity index (χ1v) is 9.53. The first-order valence-electron chi connectivity index (χ1n) is 9.53. The minimum absolute atomic E-state index is 0.185. The summed E-state index contributed by atoms with van der Waals surface area (Å²) in [5.74, 6) is -3.97. The molecule has 4 rings (SSSR count). The van der Waals surface area contributed by atoms with Crippen LogP contribution in [0.3, 0.4) is 0 Å². The van der Waals surface area contributed by atoms with Crippen LogP contribution in [0.5, 0.6) is 0 Å². The van der Waals surface area contributed by atoms with E-state index in [1.807, 2.05) is 59.2 Å². The molecule has 0 aliphatic rings. The Bertz CT molecular complexity index is 1300. The molecule has 0 fully saturated rings. The summed E-state index contributed by atoms with van der Waals surface area (Å²) in [6.07, 6.45) is 2.21. The van der Waals surface area contributed by atoms with Crippen molar-refractivity contribution in [1.29, 1.82) is 0 Å². The van der Waals surface area contributed by atoms with Gasteiger partial charge in [-0.3, -0.25) is 4.79 Å². The summed E-state index contributed by atoms with van der Waals surface area (Å²) in [5, 5.41) is 19.5. The first-order chi connectivity index (χ1) is 14.9. The number of hydrogen-bond donors (Lipinski definition) is 2. The molecule has 0 atom stereocenters. The van der Waals surface area contributed by atoms with Gasteiger partial charge in [0.1, 0.15) is 11.6 Å². The molecule has 0 aliphatic carbocycles. The molecule has 3 aromatic carbocycles. The number of halogens is 1. The van der Waals surface area contributed by atoms with Gasteiger partial charge in [0.15, 0.2) is 0 Å². The van der Waals surface area contributed by atoms with E-state index in [1.54, 1.807) is 12.3 Å². The number of fused-ring (bicyclic) bond motifs is 1. The lowest BCUT2D eigenvalue weighted by atomic mass is 10.0. The molecule has 154 valence electrons. The number of aromatic nitrogens is 1. The van der Waals surface area contributed by atoms with Crippen molar-refractivity contribution < 1.29 is 24.2 Å². The van der Waals surface area contributed by atoms with E-state index in [1.165, 1.54) is 12.1 Å². The Morgan fingerprint density at radius 3 is 2.26 bits per heavy atom. The van der Waals surface area contributed by atoms with Crippen molar-refractivity contribution in [1.82, 2.24) is 4.57 Å². The third-order valence-electron chi connectivity index (χ3n) is 5.01. The second-order valence-corrected chi connectivity index (χ2v) is 7.09. The predicted molar refractivity (Wildman–Crippen MR) is 116 cm³/mol. The third-order valence-corrected chi connectivity index (χ3v) is 5.01. The highest BCUT2D eigenvalue weighted by Crippen LogP contribution is 2.28. The van der Waals surface area contributed by atoms with Crippen LogP contribution in [0.1, 0.15) is 11.1 Å². The minimum atomic E-state index is -1.68. The summed E-state index contributed by atoms with van der Waals surface area (Å²) >= 11 is 0. The average Bonchev–Trinajstić information content (AvgIpc) is 3.12. The van der Waals surface area contributed by atoms with Crippen molar-refractivity contribution in [2.75, 3.05) is 0 Å². The maximum absolute atomic E-state index is 13.8. The normalized spacial score (nSPS) is 11.6. The van der Waals surface area contributed by atoms with Crippen LogP contribution in [0.25, 0.3) is 27.8 Å². The van der Waals surface area contributed by atoms with Crippen LogP contribution in [0.2, 0.25) is 0 Å². The fourth-order valence-electron chi connectivity index (χ4n) is 3.50. The molecule has 0 amide bonds. The summed E-state index contributed by atoms with van der Waals surface area (Å²) < 4.78 is 15.7. The summed E-state index contributed by atoms with van der Waals surface area (Å²) in [6.45, 7) is 0.442.